The second-order valence-corrected chi connectivity index (χ2v) is 13.7. The zero-order valence-electron chi connectivity index (χ0n) is 18.5. The first-order valence-electron chi connectivity index (χ1n) is 11.0. The van der Waals surface area contributed by atoms with Gasteiger partial charge in [-0.15, -0.1) is 45.3 Å². The molecule has 0 bridgehead atoms. The van der Waals surface area contributed by atoms with E-state index in [-0.39, 0.29) is 0 Å². The molecule has 4 heteroatoms. The fraction of sp³-hybridized carbons (Fsp3) is 0.214. The lowest BCUT2D eigenvalue weighted by Crippen LogP contribution is -1.97. The topological polar surface area (TPSA) is 0 Å². The minimum atomic E-state index is 1.09. The van der Waals surface area contributed by atoms with E-state index in [4.69, 9.17) is 0 Å². The van der Waals surface area contributed by atoms with Crippen molar-refractivity contribution in [2.75, 3.05) is 0 Å². The molecule has 0 spiro atoms. The Morgan fingerprint density at radius 3 is 1.75 bits per heavy atom. The number of hydrogen-bond donors (Lipinski definition) is 0. The maximum absolute atomic E-state index is 2.47. The highest BCUT2D eigenvalue weighted by Gasteiger charge is 2.33. The molecular formula is C28H22S4. The van der Waals surface area contributed by atoms with E-state index in [1.165, 1.54) is 55.7 Å². The van der Waals surface area contributed by atoms with Crippen LogP contribution in [0.5, 0.6) is 0 Å². The molecule has 2 aliphatic rings. The van der Waals surface area contributed by atoms with Crippen molar-refractivity contribution in [2.45, 2.75) is 40.5 Å². The molecular weight excluding hydrogens is 465 g/mol. The zero-order valence-corrected chi connectivity index (χ0v) is 21.8. The van der Waals surface area contributed by atoms with Crippen LogP contribution in [0.3, 0.4) is 0 Å². The number of hydrogen-bond acceptors (Lipinski definition) is 4. The average Bonchev–Trinajstić information content (AvgIpc) is 3.53. The number of fused-ring (bicyclic) bond motifs is 6. The Labute approximate surface area is 204 Å². The number of benzene rings is 1. The van der Waals surface area contributed by atoms with Crippen LogP contribution in [0.1, 0.15) is 43.1 Å². The molecule has 0 amide bonds. The summed E-state index contributed by atoms with van der Waals surface area (Å²) in [7, 11) is 0. The van der Waals surface area contributed by atoms with Gasteiger partial charge in [-0.3, -0.25) is 0 Å². The molecule has 0 atom stereocenters. The van der Waals surface area contributed by atoms with Gasteiger partial charge in [-0.05, 0) is 121 Å². The largest absolute Gasteiger partial charge is 0.140 e. The molecule has 0 N–H and O–H groups in total. The summed E-state index contributed by atoms with van der Waals surface area (Å²) in [5, 5.41) is 0. The quantitative estimate of drug-likeness (QED) is 0.228. The molecule has 0 fully saturated rings. The highest BCUT2D eigenvalue weighted by atomic mass is 32.1. The number of thiophene rings is 4. The maximum Gasteiger partial charge on any atom is 0.0452 e. The van der Waals surface area contributed by atoms with E-state index in [1.54, 1.807) is 27.8 Å². The monoisotopic (exact) mass is 486 g/mol. The third-order valence-corrected chi connectivity index (χ3v) is 11.8. The Hall–Kier alpha value is -1.98. The number of aryl methyl sites for hydroxylation is 2. The Balaban J connectivity index is 1.33. The van der Waals surface area contributed by atoms with Crippen LogP contribution in [0.2, 0.25) is 0 Å². The lowest BCUT2D eigenvalue weighted by atomic mass is 9.90. The van der Waals surface area contributed by atoms with E-state index in [0.717, 1.165) is 12.8 Å². The molecule has 0 nitrogen and oxygen atoms in total. The van der Waals surface area contributed by atoms with Crippen molar-refractivity contribution in [1.29, 1.82) is 0 Å². The zero-order chi connectivity index (χ0) is 21.7. The van der Waals surface area contributed by atoms with Crippen LogP contribution >= 0.6 is 45.3 Å². The Morgan fingerprint density at radius 2 is 1.09 bits per heavy atom. The molecule has 0 radical (unpaired) electrons. The van der Waals surface area contributed by atoms with Gasteiger partial charge < -0.3 is 0 Å². The van der Waals surface area contributed by atoms with Crippen LogP contribution in [0, 0.1) is 27.7 Å². The molecule has 2 aliphatic carbocycles. The van der Waals surface area contributed by atoms with Crippen LogP contribution in [-0.4, -0.2) is 0 Å². The van der Waals surface area contributed by atoms with Gasteiger partial charge in [0.25, 0.3) is 0 Å². The average molecular weight is 487 g/mol. The van der Waals surface area contributed by atoms with Gasteiger partial charge in [-0.1, -0.05) is 0 Å². The van der Waals surface area contributed by atoms with Crippen molar-refractivity contribution in [1.82, 2.24) is 0 Å². The highest BCUT2D eigenvalue weighted by Crippen LogP contribution is 2.55. The summed E-state index contributed by atoms with van der Waals surface area (Å²) < 4.78 is 0. The summed E-state index contributed by atoms with van der Waals surface area (Å²) >= 11 is 7.81. The summed E-state index contributed by atoms with van der Waals surface area (Å²) in [5.41, 5.74) is 12.4. The summed E-state index contributed by atoms with van der Waals surface area (Å²) in [6.45, 7) is 9.17. The van der Waals surface area contributed by atoms with Crippen LogP contribution in [0.4, 0.5) is 0 Å². The van der Waals surface area contributed by atoms with Crippen LogP contribution < -0.4 is 0 Å². The fourth-order valence-corrected chi connectivity index (χ4v) is 10.1. The first-order valence-corrected chi connectivity index (χ1v) is 14.3. The summed E-state index contributed by atoms with van der Waals surface area (Å²) in [6, 6.07) is 14.0. The lowest BCUT2D eigenvalue weighted by Gasteiger charge is -2.16. The first-order chi connectivity index (χ1) is 15.5. The van der Waals surface area contributed by atoms with Crippen LogP contribution in [-0.2, 0) is 12.8 Å². The first kappa shape index (κ1) is 19.5. The van der Waals surface area contributed by atoms with Crippen molar-refractivity contribution >= 4 is 45.3 Å². The molecule has 0 saturated heterocycles. The Bertz CT molecular complexity index is 1560. The van der Waals surface area contributed by atoms with Crippen LogP contribution in [0.25, 0.3) is 40.4 Å². The minimum Gasteiger partial charge on any atom is -0.140 e. The van der Waals surface area contributed by atoms with Gasteiger partial charge in [0.2, 0.25) is 0 Å². The summed E-state index contributed by atoms with van der Waals surface area (Å²) in [4.78, 5) is 11.5. The normalized spacial score (nSPS) is 13.4. The standard InChI is InChI=1S/C28H22S4/c1-13-5-6-21(29-13)22-7-8-23(31-22)24-12-18-11-20-15(3)25-19(16(4)26(20)28(18)32-24)10-17-9-14(2)30-27(17)25/h5-9,12H,10-11H2,1-4H3. The van der Waals surface area contributed by atoms with Crippen molar-refractivity contribution in [3.05, 3.63) is 79.5 Å². The van der Waals surface area contributed by atoms with Gasteiger partial charge in [0.05, 0.1) is 0 Å². The van der Waals surface area contributed by atoms with E-state index in [0.29, 0.717) is 0 Å². The van der Waals surface area contributed by atoms with Gasteiger partial charge >= 0.3 is 0 Å². The second kappa shape index (κ2) is 6.77. The number of rotatable bonds is 2. The van der Waals surface area contributed by atoms with E-state index in [2.05, 4.69) is 64.1 Å². The van der Waals surface area contributed by atoms with Gasteiger partial charge in [-0.2, -0.15) is 0 Å². The molecule has 4 heterocycles. The molecule has 0 saturated carbocycles. The predicted octanol–water partition coefficient (Wildman–Crippen LogP) is 9.64. The maximum atomic E-state index is 2.47. The highest BCUT2D eigenvalue weighted by molar-refractivity contribution is 7.27. The van der Waals surface area contributed by atoms with E-state index in [9.17, 15) is 0 Å². The molecule has 1 aromatic carbocycles. The van der Waals surface area contributed by atoms with Crippen LogP contribution in [0.15, 0.2) is 36.4 Å². The van der Waals surface area contributed by atoms with Crippen molar-refractivity contribution < 1.29 is 0 Å². The molecule has 5 aromatic rings. The van der Waals surface area contributed by atoms with E-state index >= 15 is 0 Å². The Kier molecular flexibility index (Phi) is 4.12. The molecule has 32 heavy (non-hydrogen) atoms. The fourth-order valence-electron chi connectivity index (χ4n) is 5.54. The van der Waals surface area contributed by atoms with Crippen molar-refractivity contribution in [3.63, 3.8) is 0 Å². The molecule has 0 aliphatic heterocycles. The Morgan fingerprint density at radius 1 is 0.531 bits per heavy atom. The third kappa shape index (κ3) is 2.64. The van der Waals surface area contributed by atoms with E-state index in [1.807, 2.05) is 45.3 Å². The third-order valence-electron chi connectivity index (χ3n) is 7.02. The minimum absolute atomic E-state index is 1.09. The predicted molar refractivity (Wildman–Crippen MR) is 144 cm³/mol. The van der Waals surface area contributed by atoms with Crippen molar-refractivity contribution in [3.8, 4) is 40.4 Å². The lowest BCUT2D eigenvalue weighted by molar-refractivity contribution is 1.17. The SMILES string of the molecule is Cc1ccc(-c2ccc(-c3cc4c(s3)-c3c(C)c5c(c(C)c3C4)-c3sc(C)cc3C5)s2)s1. The van der Waals surface area contributed by atoms with E-state index < -0.39 is 0 Å². The second-order valence-electron chi connectivity index (χ2n) is 9.06. The smallest absolute Gasteiger partial charge is 0.0452 e. The summed E-state index contributed by atoms with van der Waals surface area (Å²) in [6.07, 6.45) is 2.19. The van der Waals surface area contributed by atoms with Crippen molar-refractivity contribution in [2.24, 2.45) is 0 Å². The van der Waals surface area contributed by atoms with Gasteiger partial charge in [0.15, 0.2) is 0 Å². The van der Waals surface area contributed by atoms with Gasteiger partial charge in [-0.25, -0.2) is 0 Å². The molecule has 158 valence electrons. The molecule has 7 rings (SSSR count). The molecule has 0 unspecified atom stereocenters. The van der Waals surface area contributed by atoms with Gasteiger partial charge in [0.1, 0.15) is 0 Å². The molecule has 4 aromatic heterocycles. The van der Waals surface area contributed by atoms with Gasteiger partial charge in [0, 0.05) is 39.0 Å². The summed E-state index contributed by atoms with van der Waals surface area (Å²) in [5.74, 6) is 0.